The number of fused-ring (bicyclic) bond motifs is 1. The summed E-state index contributed by atoms with van der Waals surface area (Å²) in [6.07, 6.45) is -4.73. The zero-order valence-electron chi connectivity index (χ0n) is 25.4. The van der Waals surface area contributed by atoms with Gasteiger partial charge >= 0.3 is 7.82 Å². The van der Waals surface area contributed by atoms with Crippen molar-refractivity contribution < 1.29 is 45.7 Å². The molecule has 0 saturated carbocycles. The van der Waals surface area contributed by atoms with Gasteiger partial charge in [0, 0.05) is 23.8 Å². The fraction of sp³-hybridized carbons (Fsp3) is 0.577. The zero-order chi connectivity index (χ0) is 31.1. The van der Waals surface area contributed by atoms with Crippen molar-refractivity contribution in [2.75, 3.05) is 6.56 Å². The maximum absolute atomic E-state index is 16.2. The van der Waals surface area contributed by atoms with Crippen LogP contribution in [0.2, 0.25) is 0 Å². The van der Waals surface area contributed by atoms with E-state index in [1.165, 1.54) is 6.92 Å². The molecule has 3 aliphatic rings. The van der Waals surface area contributed by atoms with E-state index in [9.17, 15) is 14.5 Å². The molecule has 3 heterocycles. The highest BCUT2D eigenvalue weighted by atomic mass is 31.2. The van der Waals surface area contributed by atoms with Crippen molar-refractivity contribution in [1.82, 2.24) is 10.2 Å². The molecule has 1 fully saturated rings. The number of benzene rings is 1. The maximum Gasteiger partial charge on any atom is 0.530 e. The Bertz CT molecular complexity index is 1390. The molecule has 0 bridgehead atoms. The molecule has 0 aromatic heterocycles. The van der Waals surface area contributed by atoms with E-state index in [0.29, 0.717) is 11.1 Å². The second-order valence-corrected chi connectivity index (χ2v) is 13.1. The van der Waals surface area contributed by atoms with Gasteiger partial charge in [-0.15, -0.1) is 0 Å². The van der Waals surface area contributed by atoms with Crippen LogP contribution in [0, 0.1) is 5.82 Å². The molecule has 2 N–H and O–H groups in total. The second-order valence-electron chi connectivity index (χ2n) is 11.6. The SMILES string of the molecule is [2H]C([2H])(OP1(=O)OCc2c(F)c(C(C)(C)C)cc(C(C)(C)C)c2O1)[C@]1(F)C[C@@H](O)[C@]([2H])(N2C=C(C)C(=O)NC2=C)O1. The third-order valence-electron chi connectivity index (χ3n) is 6.28. The third-order valence-corrected chi connectivity index (χ3v) is 7.45. The number of nitrogens with zero attached hydrogens (tertiary/aromatic N) is 1. The number of halogens is 2. The van der Waals surface area contributed by atoms with Crippen molar-refractivity contribution in [2.24, 2.45) is 0 Å². The molecule has 4 atom stereocenters. The van der Waals surface area contributed by atoms with Gasteiger partial charge in [0.15, 0.2) is 6.20 Å². The van der Waals surface area contributed by atoms with E-state index >= 15 is 8.78 Å². The van der Waals surface area contributed by atoms with Gasteiger partial charge in [-0.1, -0.05) is 48.1 Å². The van der Waals surface area contributed by atoms with E-state index in [1.807, 2.05) is 41.5 Å². The fourth-order valence-corrected chi connectivity index (χ4v) is 5.30. The molecule has 210 valence electrons. The molecule has 4 rings (SSSR count). The minimum Gasteiger partial charge on any atom is -0.403 e. The van der Waals surface area contributed by atoms with E-state index in [0.717, 1.165) is 11.1 Å². The molecule has 0 radical (unpaired) electrons. The summed E-state index contributed by atoms with van der Waals surface area (Å²) in [6, 6.07) is 1.58. The first-order chi connectivity index (χ1) is 18.4. The Morgan fingerprint density at radius 3 is 2.58 bits per heavy atom. The maximum atomic E-state index is 16.2. The van der Waals surface area contributed by atoms with Gasteiger partial charge in [-0.25, -0.2) is 13.3 Å². The summed E-state index contributed by atoms with van der Waals surface area (Å²) in [5.74, 6) is -5.14. The highest BCUT2D eigenvalue weighted by Crippen LogP contribution is 2.58. The van der Waals surface area contributed by atoms with Crippen molar-refractivity contribution >= 4 is 13.7 Å². The minimum absolute atomic E-state index is 0.0431. The van der Waals surface area contributed by atoms with Crippen molar-refractivity contribution in [3.8, 4) is 5.75 Å². The third kappa shape index (κ3) is 5.40. The molecule has 38 heavy (non-hydrogen) atoms. The highest BCUT2D eigenvalue weighted by Gasteiger charge is 2.52. The number of ether oxygens (including phenoxy) is 1. The van der Waals surface area contributed by atoms with Crippen LogP contribution in [0.15, 0.2) is 30.2 Å². The molecule has 3 aliphatic heterocycles. The number of hydrogen-bond acceptors (Lipinski definition) is 8. The van der Waals surface area contributed by atoms with Crippen molar-refractivity contribution in [2.45, 2.75) is 90.5 Å². The van der Waals surface area contributed by atoms with Crippen molar-refractivity contribution in [3.05, 3.63) is 52.7 Å². The number of amides is 1. The van der Waals surface area contributed by atoms with Crippen LogP contribution in [-0.4, -0.2) is 40.6 Å². The second kappa shape index (κ2) is 9.41. The molecule has 1 unspecified atom stereocenters. The van der Waals surface area contributed by atoms with Gasteiger partial charge in [-0.3, -0.25) is 13.8 Å². The Morgan fingerprint density at radius 1 is 1.34 bits per heavy atom. The Labute approximate surface area is 225 Å². The standard InChI is InChI=1S/C26H35F2N2O7P/c1-14-11-30(15(2)29-22(14)32)23-19(31)10-26(28,36-23)13-35-38(33)34-12-16-20(27)17(24(3,4)5)9-18(21(16)37-38)25(6,7)8/h9,11,19,23,31H,2,10,12-13H2,1,3-8H3,(H,29,32)/t19-,23-,26+,38?/m1/s1/i13D2,23D. The lowest BCUT2D eigenvalue weighted by Crippen LogP contribution is -2.46. The lowest BCUT2D eigenvalue weighted by Gasteiger charge is -2.35. The smallest absolute Gasteiger partial charge is 0.403 e. The molecular weight excluding hydrogens is 521 g/mol. The molecule has 9 nitrogen and oxygen atoms in total. The predicted molar refractivity (Wildman–Crippen MR) is 135 cm³/mol. The quantitative estimate of drug-likeness (QED) is 0.495. The largest absolute Gasteiger partial charge is 0.530 e. The minimum atomic E-state index is -4.96. The molecule has 1 aromatic rings. The monoisotopic (exact) mass is 559 g/mol. The average Bonchev–Trinajstić information content (AvgIpc) is 3.04. The first-order valence-electron chi connectivity index (χ1n) is 13.5. The number of phosphoric acid groups is 1. The molecule has 12 heteroatoms. The molecule has 0 spiro atoms. The van der Waals surface area contributed by atoms with E-state index < -0.39 is 68.1 Å². The molecule has 1 amide bonds. The number of nitrogens with one attached hydrogen (secondary N) is 1. The Morgan fingerprint density at radius 2 is 1.97 bits per heavy atom. The van der Waals surface area contributed by atoms with Crippen molar-refractivity contribution in [1.29, 1.82) is 0 Å². The van der Waals surface area contributed by atoms with Gasteiger partial charge in [-0.2, -0.15) is 0 Å². The number of aliphatic hydroxyl groups is 1. The summed E-state index contributed by atoms with van der Waals surface area (Å²) in [5, 5.41) is 13.0. The van der Waals surface area contributed by atoms with Gasteiger partial charge in [0.05, 0.1) is 16.3 Å². The first kappa shape index (κ1) is 24.7. The fourth-order valence-electron chi connectivity index (χ4n) is 4.19. The number of phosphoric ester groups is 1. The van der Waals surface area contributed by atoms with Gasteiger partial charge in [0.1, 0.15) is 30.1 Å². The van der Waals surface area contributed by atoms with Crippen LogP contribution in [0.1, 0.15) is 75.7 Å². The van der Waals surface area contributed by atoms with E-state index in [2.05, 4.69) is 11.9 Å². The van der Waals surface area contributed by atoms with Gasteiger partial charge in [0.2, 0.25) is 5.85 Å². The Kier molecular flexibility index (Phi) is 6.12. The normalized spacial score (nSPS) is 33.5. The van der Waals surface area contributed by atoms with E-state index in [1.54, 1.807) is 6.07 Å². The number of alkyl halides is 1. The summed E-state index contributed by atoms with van der Waals surface area (Å²) >= 11 is 0. The van der Waals surface area contributed by atoms with Gasteiger partial charge in [0.25, 0.3) is 5.91 Å². The van der Waals surface area contributed by atoms with Crippen LogP contribution < -0.4 is 9.84 Å². The molecule has 1 aromatic carbocycles. The summed E-state index contributed by atoms with van der Waals surface area (Å²) in [4.78, 5) is 12.7. The Hall–Kier alpha value is -2.30. The van der Waals surface area contributed by atoms with E-state index in [-0.39, 0.29) is 22.7 Å². The summed E-state index contributed by atoms with van der Waals surface area (Å²) < 4.78 is 91.5. The van der Waals surface area contributed by atoms with Crippen LogP contribution in [0.25, 0.3) is 0 Å². The van der Waals surface area contributed by atoms with Crippen LogP contribution in [0.4, 0.5) is 8.78 Å². The summed E-state index contributed by atoms with van der Waals surface area (Å²) in [6.45, 7) is 11.7. The number of carbonyl (C=O) groups excluding carboxylic acids is 1. The molecular formula is C26H35F2N2O7P. The summed E-state index contributed by atoms with van der Waals surface area (Å²) in [5.41, 5.74) is -0.399. The highest BCUT2D eigenvalue weighted by molar-refractivity contribution is 7.49. The molecule has 1 saturated heterocycles. The lowest BCUT2D eigenvalue weighted by molar-refractivity contribution is -0.184. The van der Waals surface area contributed by atoms with Crippen molar-refractivity contribution in [3.63, 3.8) is 0 Å². The van der Waals surface area contributed by atoms with Gasteiger partial charge < -0.3 is 24.6 Å². The first-order valence-corrected chi connectivity index (χ1v) is 13.5. The average molecular weight is 560 g/mol. The van der Waals surface area contributed by atoms with E-state index in [4.69, 9.17) is 22.4 Å². The van der Waals surface area contributed by atoms with Crippen LogP contribution >= 0.6 is 7.82 Å². The topological polar surface area (TPSA) is 107 Å². The number of aliphatic hydroxyl groups excluding tert-OH is 1. The zero-order valence-corrected chi connectivity index (χ0v) is 23.3. The Balaban J connectivity index is 1.67. The lowest BCUT2D eigenvalue weighted by atomic mass is 9.78. The van der Waals surface area contributed by atoms with Crippen LogP contribution in [-0.2, 0) is 40.6 Å². The number of carbonyl (C=O) groups is 1. The molecule has 0 aliphatic carbocycles. The van der Waals surface area contributed by atoms with Crippen LogP contribution in [0.3, 0.4) is 0 Å². The summed E-state index contributed by atoms with van der Waals surface area (Å²) in [7, 11) is -4.96. The predicted octanol–water partition coefficient (Wildman–Crippen LogP) is 5.03. The number of rotatable bonds is 4. The van der Waals surface area contributed by atoms with Crippen LogP contribution in [0.5, 0.6) is 5.75 Å². The number of hydrogen-bond donors (Lipinski definition) is 2. The van der Waals surface area contributed by atoms with Gasteiger partial charge in [-0.05, 0) is 29.4 Å².